The molecule has 3 N–H and O–H groups in total. The summed E-state index contributed by atoms with van der Waals surface area (Å²) in [7, 11) is 0. The average Bonchev–Trinajstić information content (AvgIpc) is 3.09. The number of hydrogen-bond donors (Lipinski definition) is 1. The maximum absolute atomic E-state index is 4.81. The molecule has 4 rings (SSSR count). The third-order valence-corrected chi connectivity index (χ3v) is 3.73. The van der Waals surface area contributed by atoms with Gasteiger partial charge in [0.1, 0.15) is 5.69 Å². The van der Waals surface area contributed by atoms with Gasteiger partial charge in [-0.1, -0.05) is 59.7 Å². The number of hydrogen-bond acceptors (Lipinski definition) is 4. The molecule has 0 saturated heterocycles. The van der Waals surface area contributed by atoms with Crippen molar-refractivity contribution in [1.82, 2.24) is 0 Å². The van der Waals surface area contributed by atoms with E-state index in [0.717, 1.165) is 22.8 Å². The summed E-state index contributed by atoms with van der Waals surface area (Å²) in [5.41, 5.74) is 5.27. The maximum Gasteiger partial charge on any atom is 0.277 e. The second-order valence-corrected chi connectivity index (χ2v) is 5.29. The second-order valence-electron chi connectivity index (χ2n) is 5.29. The Hall–Kier alpha value is -3.15. The zero-order chi connectivity index (χ0) is 15.5. The van der Waals surface area contributed by atoms with Gasteiger partial charge >= 0.3 is 0 Å². The van der Waals surface area contributed by atoms with Gasteiger partial charge in [0.25, 0.3) is 5.84 Å². The van der Waals surface area contributed by atoms with E-state index in [-0.39, 0.29) is 5.48 Å². The highest BCUT2D eigenvalue weighted by Gasteiger charge is 2.30. The zero-order valence-electron chi connectivity index (χ0n) is 13.0. The topological polar surface area (TPSA) is 65.5 Å². The number of nitrogens with zero attached hydrogens (tertiary/aromatic N) is 3. The van der Waals surface area contributed by atoms with Gasteiger partial charge in [-0.2, -0.15) is 5.43 Å². The van der Waals surface area contributed by atoms with Crippen molar-refractivity contribution in [3.05, 3.63) is 96.6 Å². The molecule has 24 heavy (non-hydrogen) atoms. The van der Waals surface area contributed by atoms with Crippen LogP contribution in [0.25, 0.3) is 0 Å². The first-order chi connectivity index (χ1) is 11.4. The molecule has 120 valence electrons. The molecular formula is C19H18N4O. The lowest BCUT2D eigenvalue weighted by atomic mass is 10.2. The number of quaternary nitrogens is 1. The smallest absolute Gasteiger partial charge is 0.277 e. The summed E-state index contributed by atoms with van der Waals surface area (Å²) < 4.78 is 0. The highest BCUT2D eigenvalue weighted by Crippen LogP contribution is 2.22. The van der Waals surface area contributed by atoms with Crippen molar-refractivity contribution in [3.8, 4) is 0 Å². The molecule has 0 aromatic heterocycles. The fourth-order valence-corrected chi connectivity index (χ4v) is 2.60. The number of nitrogens with two attached hydrogens (primary N) is 1. The van der Waals surface area contributed by atoms with Crippen LogP contribution in [0.5, 0.6) is 0 Å². The fourth-order valence-electron chi connectivity index (χ4n) is 2.60. The Labute approximate surface area is 140 Å². The second kappa shape index (κ2) is 6.95. The molecule has 1 aliphatic heterocycles. The predicted octanol–water partition coefficient (Wildman–Crippen LogP) is 2.59. The van der Waals surface area contributed by atoms with E-state index in [1.165, 1.54) is 0 Å². The minimum absolute atomic E-state index is 0. The zero-order valence-corrected chi connectivity index (χ0v) is 13.0. The molecule has 0 unspecified atom stereocenters. The lowest BCUT2D eigenvalue weighted by Gasteiger charge is -2.23. The molecule has 0 amide bonds. The van der Waals surface area contributed by atoms with Crippen LogP contribution in [0.4, 0.5) is 11.4 Å². The van der Waals surface area contributed by atoms with Gasteiger partial charge in [-0.25, -0.2) is 0 Å². The number of para-hydroxylation sites is 2. The van der Waals surface area contributed by atoms with Crippen molar-refractivity contribution in [1.29, 1.82) is 0 Å². The van der Waals surface area contributed by atoms with Crippen molar-refractivity contribution in [3.63, 3.8) is 0 Å². The summed E-state index contributed by atoms with van der Waals surface area (Å²) in [5.74, 6) is 0.943. The van der Waals surface area contributed by atoms with Gasteiger partial charge < -0.3 is 5.48 Å². The van der Waals surface area contributed by atoms with Crippen LogP contribution in [0.3, 0.4) is 0 Å². The summed E-state index contributed by atoms with van der Waals surface area (Å²) in [4.78, 5) is 0. The number of hydrazine groups is 1. The first-order valence-corrected chi connectivity index (χ1v) is 7.60. The van der Waals surface area contributed by atoms with Gasteiger partial charge in [0.2, 0.25) is 0 Å². The Kier molecular flexibility index (Phi) is 4.56. The van der Waals surface area contributed by atoms with Crippen LogP contribution in [0.2, 0.25) is 0 Å². The predicted molar refractivity (Wildman–Crippen MR) is 94.7 cm³/mol. The Bertz CT molecular complexity index is 807. The molecule has 3 aromatic rings. The highest BCUT2D eigenvalue weighted by atomic mass is 16.0. The Balaban J connectivity index is 0.00000169. The van der Waals surface area contributed by atoms with Gasteiger partial charge in [-0.05, 0) is 36.4 Å². The summed E-state index contributed by atoms with van der Waals surface area (Å²) >= 11 is 0. The minimum atomic E-state index is 0. The number of amidine groups is 1. The normalized spacial score (nSPS) is 13.4. The Morgan fingerprint density at radius 3 is 1.71 bits per heavy atom. The molecule has 0 atom stereocenters. The van der Waals surface area contributed by atoms with Crippen LogP contribution in [0, 0.1) is 0 Å². The standard InChI is InChI=1S/C19H16N4.H2O/c1-4-10-16(11-5-1)19-20-22(17-12-6-2-7-13-17)23(21-19)18-14-8-3-9-15-18;/h1-15H,(H,20,21);1H2. The highest BCUT2D eigenvalue weighted by molar-refractivity contribution is 5.93. The fraction of sp³-hybridized carbons (Fsp3) is 0. The van der Waals surface area contributed by atoms with Crippen molar-refractivity contribution in [2.75, 3.05) is 10.2 Å². The van der Waals surface area contributed by atoms with E-state index in [4.69, 9.17) is 5.10 Å². The van der Waals surface area contributed by atoms with Crippen LogP contribution >= 0.6 is 0 Å². The largest absolute Gasteiger partial charge is 0.870 e. The summed E-state index contributed by atoms with van der Waals surface area (Å²) in [6, 6.07) is 30.6. The number of rotatable bonds is 3. The van der Waals surface area contributed by atoms with Gasteiger partial charge in [0.15, 0.2) is 0 Å². The lowest BCUT2D eigenvalue weighted by molar-refractivity contribution is -0.545. The van der Waals surface area contributed by atoms with Crippen molar-refractivity contribution in [2.24, 2.45) is 5.10 Å². The van der Waals surface area contributed by atoms with Crippen LogP contribution in [0.15, 0.2) is 96.1 Å². The van der Waals surface area contributed by atoms with Crippen molar-refractivity contribution >= 4 is 17.2 Å². The average molecular weight is 318 g/mol. The molecule has 0 spiro atoms. The Morgan fingerprint density at radius 1 is 0.625 bits per heavy atom. The van der Waals surface area contributed by atoms with E-state index < -0.39 is 0 Å². The SMILES string of the molecule is [OH-].c1ccc(C2=NN(c3ccccc3)N(c3ccccc3)[NH2+]2)cc1. The Morgan fingerprint density at radius 2 is 1.12 bits per heavy atom. The maximum atomic E-state index is 4.81. The van der Waals surface area contributed by atoms with Crippen LogP contribution in [-0.4, -0.2) is 11.3 Å². The molecule has 0 saturated carbocycles. The quantitative estimate of drug-likeness (QED) is 0.755. The molecule has 0 radical (unpaired) electrons. The third-order valence-electron chi connectivity index (χ3n) is 3.73. The van der Waals surface area contributed by atoms with Crippen molar-refractivity contribution in [2.45, 2.75) is 0 Å². The molecule has 5 heteroatoms. The van der Waals surface area contributed by atoms with Crippen LogP contribution in [-0.2, 0) is 0 Å². The molecule has 1 heterocycles. The lowest BCUT2D eigenvalue weighted by Crippen LogP contribution is -2.96. The third kappa shape index (κ3) is 2.99. The van der Waals surface area contributed by atoms with Gasteiger partial charge in [0, 0.05) is 0 Å². The van der Waals surface area contributed by atoms with Gasteiger partial charge in [0.05, 0.1) is 11.3 Å². The minimum Gasteiger partial charge on any atom is -0.870 e. The first-order valence-electron chi connectivity index (χ1n) is 7.60. The molecule has 0 aliphatic carbocycles. The van der Waals surface area contributed by atoms with E-state index in [0.29, 0.717) is 0 Å². The van der Waals surface area contributed by atoms with E-state index >= 15 is 0 Å². The molecular weight excluding hydrogens is 300 g/mol. The number of benzene rings is 3. The summed E-state index contributed by atoms with van der Waals surface area (Å²) in [5, 5.41) is 8.80. The summed E-state index contributed by atoms with van der Waals surface area (Å²) in [6.07, 6.45) is 0. The van der Waals surface area contributed by atoms with Gasteiger partial charge in [-0.15, -0.1) is 10.2 Å². The molecule has 1 aliphatic rings. The van der Waals surface area contributed by atoms with Crippen LogP contribution in [0.1, 0.15) is 5.56 Å². The van der Waals surface area contributed by atoms with E-state index in [1.54, 1.807) is 0 Å². The molecule has 5 nitrogen and oxygen atoms in total. The van der Waals surface area contributed by atoms with E-state index in [1.807, 2.05) is 59.7 Å². The number of hydrazone groups is 1. The van der Waals surface area contributed by atoms with E-state index in [9.17, 15) is 0 Å². The van der Waals surface area contributed by atoms with E-state index in [2.05, 4.69) is 46.9 Å². The molecule has 0 bridgehead atoms. The number of anilines is 2. The monoisotopic (exact) mass is 318 g/mol. The summed E-state index contributed by atoms with van der Waals surface area (Å²) in [6.45, 7) is 0. The van der Waals surface area contributed by atoms with Crippen molar-refractivity contribution < 1.29 is 10.9 Å². The van der Waals surface area contributed by atoms with Gasteiger partial charge in [-0.3, -0.25) is 0 Å². The molecule has 0 fully saturated rings. The van der Waals surface area contributed by atoms with Crippen LogP contribution < -0.4 is 15.7 Å². The molecule has 3 aromatic carbocycles. The first kappa shape index (κ1) is 15.7.